The Labute approximate surface area is 171 Å². The number of β-lactam (4-membered cyclic amide) rings is 1. The van der Waals surface area contributed by atoms with Crippen molar-refractivity contribution < 1.29 is 40.3 Å². The quantitative estimate of drug-likeness (QED) is 0.288. The van der Waals surface area contributed by atoms with Crippen molar-refractivity contribution in [2.45, 2.75) is 17.8 Å². The predicted molar refractivity (Wildman–Crippen MR) is 105 cm³/mol. The van der Waals surface area contributed by atoms with Gasteiger partial charge >= 0.3 is 11.9 Å². The van der Waals surface area contributed by atoms with Crippen molar-refractivity contribution in [2.24, 2.45) is 0 Å². The molecule has 1 saturated heterocycles. The topological polar surface area (TPSA) is 226 Å². The lowest BCUT2D eigenvalue weighted by atomic mass is 10.0. The number of nitrogens with two attached hydrogens (primary N) is 1. The summed E-state index contributed by atoms with van der Waals surface area (Å²) in [6, 6.07) is -0.908. The maximum atomic E-state index is 12.6. The van der Waals surface area contributed by atoms with Crippen LogP contribution in [0.5, 0.6) is 0 Å². The second-order valence-corrected chi connectivity index (χ2v) is 7.60. The third-order valence-electron chi connectivity index (χ3n) is 3.88. The number of aromatic nitrogens is 1. The molecule has 2 unspecified atom stereocenters. The van der Waals surface area contributed by atoms with Crippen LogP contribution in [0.1, 0.15) is 12.1 Å². The van der Waals surface area contributed by atoms with Crippen LogP contribution in [-0.2, 0) is 19.2 Å². The molecule has 0 saturated carbocycles. The minimum atomic E-state index is -1.21. The molecule has 14 heteroatoms. The van der Waals surface area contributed by atoms with Gasteiger partial charge in [-0.3, -0.25) is 19.3 Å². The zero-order valence-electron chi connectivity index (χ0n) is 14.6. The van der Waals surface area contributed by atoms with E-state index in [4.69, 9.17) is 15.9 Å². The summed E-state index contributed by atoms with van der Waals surface area (Å²) < 4.78 is 0. The zero-order chi connectivity index (χ0) is 19.7. The average Bonchev–Trinajstić information content (AvgIpc) is 3.04. The average molecular weight is 446 g/mol. The minimum absolute atomic E-state index is 0. The molecule has 2 amide bonds. The molecule has 0 radical (unpaired) electrons. The predicted octanol–water partition coefficient (Wildman–Crippen LogP) is -1.70. The van der Waals surface area contributed by atoms with Crippen LogP contribution in [0.15, 0.2) is 23.2 Å². The Bertz CT molecular complexity index is 897. The van der Waals surface area contributed by atoms with Gasteiger partial charge in [-0.25, -0.2) is 9.78 Å². The maximum Gasteiger partial charge on any atom is 0.352 e. The number of nitrogens with zero attached hydrogens (tertiary/aromatic N) is 2. The second-order valence-electron chi connectivity index (χ2n) is 5.56. The molecule has 29 heavy (non-hydrogen) atoms. The molecule has 2 aliphatic heterocycles. The van der Waals surface area contributed by atoms with Gasteiger partial charge in [0.2, 0.25) is 0 Å². The number of anilines is 1. The Kier molecular flexibility index (Phi) is 7.90. The molecular formula is C15H18N4O8S2. The van der Waals surface area contributed by atoms with E-state index >= 15 is 0 Å². The van der Waals surface area contributed by atoms with E-state index in [-0.39, 0.29) is 33.0 Å². The van der Waals surface area contributed by atoms with Crippen molar-refractivity contribution in [3.05, 3.63) is 28.9 Å². The van der Waals surface area contributed by atoms with Crippen molar-refractivity contribution in [1.82, 2.24) is 15.2 Å². The van der Waals surface area contributed by atoms with Crippen LogP contribution in [0.25, 0.3) is 5.57 Å². The molecule has 1 aromatic rings. The number of aliphatic carboxylic acids is 2. The number of thioether (sulfide) groups is 1. The van der Waals surface area contributed by atoms with E-state index in [2.05, 4.69) is 10.3 Å². The number of thiazole rings is 1. The van der Waals surface area contributed by atoms with Crippen LogP contribution in [-0.4, -0.2) is 72.0 Å². The van der Waals surface area contributed by atoms with E-state index in [0.29, 0.717) is 5.75 Å². The van der Waals surface area contributed by atoms with Crippen molar-refractivity contribution >= 4 is 57.6 Å². The van der Waals surface area contributed by atoms with Gasteiger partial charge in [0.25, 0.3) is 11.8 Å². The molecule has 0 aromatic carbocycles. The molecule has 1 fully saturated rings. The van der Waals surface area contributed by atoms with Crippen molar-refractivity contribution in [2.75, 3.05) is 11.5 Å². The van der Waals surface area contributed by atoms with Gasteiger partial charge < -0.3 is 32.2 Å². The standard InChI is InChI=1S/C15H14N4O6S2.2H2O/c16-15-17-7(5-27-15)6(1-2-9(20)21)11(22)18-10-12(23)19-8(14(24)25)3-4-26-13(10)19;;/h1,3,5,10,13H,2,4H2,(H2,16,17)(H,18,22)(H,20,21)(H,24,25);2*1H2. The van der Waals surface area contributed by atoms with Gasteiger partial charge in [0, 0.05) is 11.1 Å². The molecule has 3 rings (SSSR count). The lowest BCUT2D eigenvalue weighted by Crippen LogP contribution is -2.70. The number of nitrogen functional groups attached to an aromatic ring is 1. The zero-order valence-corrected chi connectivity index (χ0v) is 16.2. The number of carbonyl (C=O) groups excluding carboxylic acids is 2. The monoisotopic (exact) mass is 446 g/mol. The SMILES string of the molecule is Nc1nc(C(=CCC(=O)O)C(=O)NC2C(=O)N3C(C(=O)O)=CCSC23)cs1.O.O. The molecule has 0 spiro atoms. The van der Waals surface area contributed by atoms with Crippen LogP contribution < -0.4 is 11.1 Å². The lowest BCUT2D eigenvalue weighted by molar-refractivity contribution is -0.150. The number of nitrogens with one attached hydrogen (secondary N) is 1. The van der Waals surface area contributed by atoms with Crippen LogP contribution >= 0.6 is 23.1 Å². The molecule has 3 heterocycles. The summed E-state index contributed by atoms with van der Waals surface area (Å²) in [6.45, 7) is 0. The van der Waals surface area contributed by atoms with Gasteiger partial charge in [-0.1, -0.05) is 6.08 Å². The summed E-state index contributed by atoms with van der Waals surface area (Å²) in [5, 5.41) is 21.8. The van der Waals surface area contributed by atoms with E-state index in [1.54, 1.807) is 0 Å². The first-order valence-corrected chi connectivity index (χ1v) is 9.54. The number of rotatable bonds is 6. The summed E-state index contributed by atoms with van der Waals surface area (Å²) >= 11 is 2.41. The summed E-state index contributed by atoms with van der Waals surface area (Å²) in [4.78, 5) is 52.1. The van der Waals surface area contributed by atoms with E-state index in [0.717, 1.165) is 16.2 Å². The van der Waals surface area contributed by atoms with E-state index in [1.807, 2.05) is 0 Å². The lowest BCUT2D eigenvalue weighted by Gasteiger charge is -2.48. The van der Waals surface area contributed by atoms with E-state index in [1.165, 1.54) is 29.3 Å². The second kappa shape index (κ2) is 9.51. The third-order valence-corrected chi connectivity index (χ3v) is 5.73. The van der Waals surface area contributed by atoms with Crippen LogP contribution in [0.3, 0.4) is 0 Å². The Morgan fingerprint density at radius 1 is 1.34 bits per heavy atom. The first-order valence-electron chi connectivity index (χ1n) is 7.62. The smallest absolute Gasteiger partial charge is 0.352 e. The molecular weight excluding hydrogens is 428 g/mol. The molecule has 0 bridgehead atoms. The minimum Gasteiger partial charge on any atom is -0.481 e. The van der Waals surface area contributed by atoms with E-state index < -0.39 is 41.6 Å². The van der Waals surface area contributed by atoms with Crippen molar-refractivity contribution in [1.29, 1.82) is 0 Å². The fourth-order valence-electron chi connectivity index (χ4n) is 2.67. The molecule has 1 aromatic heterocycles. The number of hydrogen-bond donors (Lipinski definition) is 4. The highest BCUT2D eigenvalue weighted by Gasteiger charge is 2.52. The highest BCUT2D eigenvalue weighted by molar-refractivity contribution is 8.00. The summed E-state index contributed by atoms with van der Waals surface area (Å²) in [6.07, 6.45) is 2.23. The van der Waals surface area contributed by atoms with Gasteiger partial charge in [0.1, 0.15) is 17.1 Å². The largest absolute Gasteiger partial charge is 0.481 e. The number of amides is 2. The summed E-state index contributed by atoms with van der Waals surface area (Å²) in [5.41, 5.74) is 5.66. The Balaban J connectivity index is 0.00000210. The van der Waals surface area contributed by atoms with Crippen LogP contribution in [0.4, 0.5) is 5.13 Å². The molecule has 12 nitrogen and oxygen atoms in total. The third kappa shape index (κ3) is 4.73. The van der Waals surface area contributed by atoms with Crippen LogP contribution in [0.2, 0.25) is 0 Å². The summed E-state index contributed by atoms with van der Waals surface area (Å²) in [7, 11) is 0. The number of hydrogen-bond acceptors (Lipinski definition) is 8. The van der Waals surface area contributed by atoms with Crippen molar-refractivity contribution in [3.63, 3.8) is 0 Å². The number of carbonyl (C=O) groups is 4. The first kappa shape index (κ1) is 24.1. The Morgan fingerprint density at radius 2 is 2.03 bits per heavy atom. The molecule has 0 aliphatic carbocycles. The fourth-order valence-corrected chi connectivity index (χ4v) is 4.43. The molecule has 2 atom stereocenters. The normalized spacial score (nSPS) is 20.3. The van der Waals surface area contributed by atoms with Gasteiger partial charge in [-0.05, 0) is 6.08 Å². The van der Waals surface area contributed by atoms with Gasteiger partial charge in [-0.2, -0.15) is 0 Å². The first-order chi connectivity index (χ1) is 12.8. The summed E-state index contributed by atoms with van der Waals surface area (Å²) in [5.74, 6) is -3.16. The van der Waals surface area contributed by atoms with Gasteiger partial charge in [-0.15, -0.1) is 23.1 Å². The van der Waals surface area contributed by atoms with E-state index in [9.17, 15) is 19.2 Å². The van der Waals surface area contributed by atoms with Crippen LogP contribution in [0, 0.1) is 0 Å². The van der Waals surface area contributed by atoms with Gasteiger partial charge in [0.15, 0.2) is 5.13 Å². The molecule has 9 N–H and O–H groups in total. The number of carboxylic acids is 2. The van der Waals surface area contributed by atoms with Gasteiger partial charge in [0.05, 0.1) is 17.7 Å². The number of fused-ring (bicyclic) bond motifs is 1. The molecule has 158 valence electrons. The fraction of sp³-hybridized carbons (Fsp3) is 0.267. The molecule has 2 aliphatic rings. The van der Waals surface area contributed by atoms with Crippen molar-refractivity contribution in [3.8, 4) is 0 Å². The Morgan fingerprint density at radius 3 is 2.59 bits per heavy atom. The highest BCUT2D eigenvalue weighted by atomic mass is 32.2. The number of carboxylic acid groups (broad SMARTS) is 2. The highest BCUT2D eigenvalue weighted by Crippen LogP contribution is 2.37. The maximum absolute atomic E-state index is 12.6. The Hall–Kier alpha value is -2.94.